The highest BCUT2D eigenvalue weighted by Gasteiger charge is 2.46. The Bertz CT molecular complexity index is 2780. The fourth-order valence-corrected chi connectivity index (χ4v) is 8.22. The highest BCUT2D eigenvalue weighted by atomic mass is 16.5. The first kappa shape index (κ1) is 34.4. The molecule has 0 unspecified atom stereocenters. The third-order valence-electron chi connectivity index (χ3n) is 12.8. The first-order valence-electron chi connectivity index (χ1n) is 19.6. The van der Waals surface area contributed by atoms with Crippen molar-refractivity contribution in [3.63, 3.8) is 0 Å². The van der Waals surface area contributed by atoms with E-state index < -0.39 is 0 Å². The highest BCUT2D eigenvalue weighted by Crippen LogP contribution is 2.41. The molecular formula is C50H46N4O2. The zero-order valence-corrected chi connectivity index (χ0v) is 33.3. The Morgan fingerprint density at radius 2 is 0.768 bits per heavy atom. The van der Waals surface area contributed by atoms with Gasteiger partial charge in [-0.05, 0) is 139 Å². The maximum absolute atomic E-state index is 6.42. The van der Waals surface area contributed by atoms with Crippen LogP contribution in [-0.4, -0.2) is 43.2 Å². The van der Waals surface area contributed by atoms with Crippen molar-refractivity contribution in [2.24, 2.45) is 9.98 Å². The molecule has 0 saturated carbocycles. The Balaban J connectivity index is 1.08. The number of rotatable bonds is 5. The maximum Gasteiger partial charge on any atom is 0.217 e. The van der Waals surface area contributed by atoms with E-state index in [0.717, 1.165) is 44.6 Å². The number of ether oxygens (including phenoxy) is 2. The van der Waals surface area contributed by atoms with Crippen LogP contribution in [0.2, 0.25) is 0 Å². The van der Waals surface area contributed by atoms with Gasteiger partial charge in [0.05, 0.1) is 33.1 Å². The van der Waals surface area contributed by atoms with Crippen molar-refractivity contribution < 1.29 is 9.47 Å². The van der Waals surface area contributed by atoms with E-state index in [2.05, 4.69) is 198 Å². The van der Waals surface area contributed by atoms with Crippen LogP contribution >= 0.6 is 0 Å². The lowest BCUT2D eigenvalue weighted by molar-refractivity contribution is 0.0618. The van der Waals surface area contributed by atoms with Crippen molar-refractivity contribution in [3.8, 4) is 22.5 Å². The predicted molar refractivity (Wildman–Crippen MR) is 232 cm³/mol. The second-order valence-electron chi connectivity index (χ2n) is 17.4. The van der Waals surface area contributed by atoms with E-state index in [4.69, 9.17) is 19.5 Å². The largest absolute Gasteiger partial charge is 0.469 e. The van der Waals surface area contributed by atoms with Crippen molar-refractivity contribution in [2.45, 2.75) is 77.7 Å². The number of aromatic nitrogens is 2. The molecule has 2 aromatic heterocycles. The van der Waals surface area contributed by atoms with Crippen LogP contribution in [0.25, 0.3) is 66.1 Å². The zero-order chi connectivity index (χ0) is 38.8. The van der Waals surface area contributed by atoms with Crippen LogP contribution < -0.4 is 0 Å². The van der Waals surface area contributed by atoms with Gasteiger partial charge in [0, 0.05) is 44.0 Å². The summed E-state index contributed by atoms with van der Waals surface area (Å²) < 4.78 is 17.6. The smallest absolute Gasteiger partial charge is 0.217 e. The molecule has 2 aliphatic heterocycles. The number of hydrogen-bond acceptors (Lipinski definition) is 4. The number of nitrogens with zero attached hydrogens (tertiary/aromatic N) is 4. The average Bonchev–Trinajstić information content (AvgIpc) is 3.83. The van der Waals surface area contributed by atoms with Crippen LogP contribution in [0, 0.1) is 0 Å². The lowest BCUT2D eigenvalue weighted by Gasteiger charge is -2.30. The third kappa shape index (κ3) is 5.08. The fraction of sp³-hybridized carbons (Fsp3) is 0.240. The van der Waals surface area contributed by atoms with E-state index in [1.165, 1.54) is 32.7 Å². The highest BCUT2D eigenvalue weighted by molar-refractivity contribution is 6.13. The van der Waals surface area contributed by atoms with Gasteiger partial charge in [-0.1, -0.05) is 60.7 Å². The van der Waals surface area contributed by atoms with Crippen LogP contribution in [0.1, 0.15) is 66.5 Å². The van der Waals surface area contributed by atoms with Gasteiger partial charge in [-0.15, -0.1) is 0 Å². The summed E-state index contributed by atoms with van der Waals surface area (Å²) in [5.41, 5.74) is 9.68. The molecule has 0 N–H and O–H groups in total. The molecule has 0 bridgehead atoms. The Morgan fingerprint density at radius 1 is 0.375 bits per heavy atom. The van der Waals surface area contributed by atoms with E-state index in [1.54, 1.807) is 0 Å². The van der Waals surface area contributed by atoms with Crippen molar-refractivity contribution >= 4 is 55.4 Å². The monoisotopic (exact) mass is 734 g/mol. The van der Waals surface area contributed by atoms with Crippen molar-refractivity contribution in [3.05, 3.63) is 145 Å². The Labute approximate surface area is 327 Å². The molecule has 278 valence electrons. The molecule has 8 aromatic rings. The molecule has 0 fully saturated rings. The van der Waals surface area contributed by atoms with Gasteiger partial charge in [-0.2, -0.15) is 0 Å². The second kappa shape index (κ2) is 11.7. The summed E-state index contributed by atoms with van der Waals surface area (Å²) in [5, 5.41) is 4.85. The van der Waals surface area contributed by atoms with Gasteiger partial charge in [0.1, 0.15) is 11.2 Å². The maximum atomic E-state index is 6.42. The van der Waals surface area contributed by atoms with Gasteiger partial charge in [-0.3, -0.25) is 0 Å². The normalized spacial score (nSPS) is 18.0. The summed E-state index contributed by atoms with van der Waals surface area (Å²) in [6.45, 7) is 17.0. The predicted octanol–water partition coefficient (Wildman–Crippen LogP) is 12.2. The molecule has 10 rings (SSSR count). The summed E-state index contributed by atoms with van der Waals surface area (Å²) in [5.74, 6) is 1.39. The number of benzene rings is 6. The van der Waals surface area contributed by atoms with Gasteiger partial charge in [-0.25, -0.2) is 9.98 Å². The molecule has 0 atom stereocenters. The number of hydrogen-bond donors (Lipinski definition) is 0. The van der Waals surface area contributed by atoms with Gasteiger partial charge < -0.3 is 18.6 Å². The van der Waals surface area contributed by atoms with Crippen molar-refractivity contribution in [1.82, 2.24) is 9.13 Å². The molecule has 4 heterocycles. The van der Waals surface area contributed by atoms with Crippen LogP contribution in [-0.2, 0) is 9.47 Å². The second-order valence-corrected chi connectivity index (χ2v) is 17.4. The molecule has 0 saturated heterocycles. The van der Waals surface area contributed by atoms with E-state index >= 15 is 0 Å². The van der Waals surface area contributed by atoms with Gasteiger partial charge in [0.15, 0.2) is 0 Å². The topological polar surface area (TPSA) is 53.0 Å². The minimum atomic E-state index is -0.389. The molecule has 0 radical (unpaired) electrons. The minimum Gasteiger partial charge on any atom is -0.469 e. The zero-order valence-electron chi connectivity index (χ0n) is 33.3. The molecule has 2 aliphatic rings. The lowest BCUT2D eigenvalue weighted by atomic mass is 9.87. The summed E-state index contributed by atoms with van der Waals surface area (Å²) in [6, 6.07) is 48.2. The van der Waals surface area contributed by atoms with Gasteiger partial charge >= 0.3 is 0 Å². The van der Waals surface area contributed by atoms with Crippen LogP contribution in [0.4, 0.5) is 0 Å². The van der Waals surface area contributed by atoms with Gasteiger partial charge in [0.2, 0.25) is 11.8 Å². The van der Waals surface area contributed by atoms with E-state index in [-0.39, 0.29) is 22.3 Å². The molecular weight excluding hydrogens is 689 g/mol. The molecule has 0 spiro atoms. The summed E-state index contributed by atoms with van der Waals surface area (Å²) in [7, 11) is 0. The number of fused-ring (bicyclic) bond motifs is 6. The first-order valence-corrected chi connectivity index (χ1v) is 19.6. The molecule has 0 amide bonds. The van der Waals surface area contributed by atoms with Crippen LogP contribution in [0.3, 0.4) is 0 Å². The lowest BCUT2D eigenvalue weighted by Crippen LogP contribution is -2.41. The van der Waals surface area contributed by atoms with E-state index in [9.17, 15) is 0 Å². The third-order valence-corrected chi connectivity index (χ3v) is 12.8. The molecule has 6 heteroatoms. The SMILES string of the molecule is CC1(C)N=C(c2cccc(-n3c4ccccc4c4cc(-c5ccc6c(c5)c5ccccc5n6-c5cccc(C6=NC(C)(C)C(C)(C)O6)c5)ccc43)c2)OC1(C)C. The van der Waals surface area contributed by atoms with Gasteiger partial charge in [0.25, 0.3) is 0 Å². The fourth-order valence-electron chi connectivity index (χ4n) is 8.22. The minimum absolute atomic E-state index is 0.319. The van der Waals surface area contributed by atoms with E-state index in [1.807, 2.05) is 0 Å². The number of para-hydroxylation sites is 2. The van der Waals surface area contributed by atoms with Crippen LogP contribution in [0.5, 0.6) is 0 Å². The quantitative estimate of drug-likeness (QED) is 0.177. The van der Waals surface area contributed by atoms with Crippen molar-refractivity contribution in [2.75, 3.05) is 0 Å². The average molecular weight is 735 g/mol. The molecule has 56 heavy (non-hydrogen) atoms. The number of aliphatic imine (C=N–C) groups is 2. The molecule has 6 aromatic carbocycles. The van der Waals surface area contributed by atoms with Crippen LogP contribution in [0.15, 0.2) is 143 Å². The van der Waals surface area contributed by atoms with E-state index in [0.29, 0.717) is 11.8 Å². The first-order chi connectivity index (χ1) is 26.7. The Hall–Kier alpha value is -6.14. The summed E-state index contributed by atoms with van der Waals surface area (Å²) in [6.07, 6.45) is 0. The standard InChI is InChI=1S/C50H46N4O2/c1-47(2)49(5,6)55-45(51-47)33-15-13-17-35(27-33)53-41-21-11-9-19-37(41)39-29-31(23-25-43(39)53)32-24-26-44-40(30-32)38-20-10-12-22-42(38)54(44)36-18-14-16-34(28-36)46-52-48(3,4)50(7,8)56-46/h9-30H,1-8H3. The summed E-state index contributed by atoms with van der Waals surface area (Å²) >= 11 is 0. The van der Waals surface area contributed by atoms with Crippen molar-refractivity contribution in [1.29, 1.82) is 0 Å². The molecule has 6 nitrogen and oxygen atoms in total. The Morgan fingerprint density at radius 3 is 1.16 bits per heavy atom. The molecule has 0 aliphatic carbocycles. The Kier molecular flexibility index (Phi) is 7.17. The summed E-state index contributed by atoms with van der Waals surface area (Å²) in [4.78, 5) is 10.00.